The van der Waals surface area contributed by atoms with Gasteiger partial charge in [0, 0.05) is 31.1 Å². The average Bonchev–Trinajstić information content (AvgIpc) is 3.28. The Morgan fingerprint density at radius 3 is 2.05 bits per heavy atom. The fourth-order valence-electron chi connectivity index (χ4n) is 7.57. The van der Waals surface area contributed by atoms with Crippen molar-refractivity contribution in [1.82, 2.24) is 0 Å². The highest BCUT2D eigenvalue weighted by atomic mass is 31.2. The Balaban J connectivity index is 2.15. The minimum Gasteiger partial charge on any atom is -0.462 e. The van der Waals surface area contributed by atoms with E-state index in [-0.39, 0.29) is 25.7 Å². The van der Waals surface area contributed by atoms with Crippen LogP contribution >= 0.6 is 7.82 Å². The van der Waals surface area contributed by atoms with Gasteiger partial charge in [0.05, 0.1) is 37.1 Å². The number of cyclic esters (lactones) is 1. The van der Waals surface area contributed by atoms with Crippen LogP contribution in [0.3, 0.4) is 0 Å². The number of phosphoric ester groups is 1. The largest absolute Gasteiger partial charge is 0.472 e. The van der Waals surface area contributed by atoms with Crippen molar-refractivity contribution in [2.75, 3.05) is 13.2 Å². The van der Waals surface area contributed by atoms with E-state index in [0.29, 0.717) is 32.1 Å². The number of carbonyl (C=O) groups is 2. The minimum atomic E-state index is -5.45. The van der Waals surface area contributed by atoms with Crippen molar-refractivity contribution >= 4 is 19.8 Å². The van der Waals surface area contributed by atoms with E-state index in [9.17, 15) is 59.9 Å². The molecule has 0 spiro atoms. The lowest BCUT2D eigenvalue weighted by molar-refractivity contribution is -0.167. The molecule has 378 valence electrons. The standard InChI is InChI=1S/C49H81O16P/c1-3-5-7-8-9-10-11-12-13-14-15-16-17-18-19-20-25-29-42(53)62-34-37-35-63-66(60,61)65-49-47(58)45(56)39(32-31-36(50)27-23-6-4-2)41(52)33-40(51)38(44(55)46(57)48(49)59)28-24-21-22-26-30-43(54)64-37/h9-10,12-13,15-16,18-19,21,24,31-32,36-41,44-52,55-59H,3-8,11,14,17,20,22-23,25-30,33-35H2,1-2H3,(H,60,61)/b10-9-,13-12-,16-15-,19-18-,24-21?,32-31+/t36-,37+,38-,39-,40-,41+,44+,45+,46-,47+,48+,49+/m0/s1. The Hall–Kier alpha value is -2.83. The van der Waals surface area contributed by atoms with E-state index < -0.39 is 112 Å². The van der Waals surface area contributed by atoms with Crippen LogP contribution in [0.25, 0.3) is 0 Å². The number of fused-ring (bicyclic) bond motifs is 4. The number of rotatable bonds is 22. The SMILES string of the molecule is CCCCC/C=C\C/C=C\C/C=C\C/C=C\CCCC(=O)OC[C@@H]1COP(=O)(O)O[C@H]2[C@H](O)[C@@H](O)[C@H](O)[C@@H](CC=CCCCC(=O)O1)[C@@H](O)C[C@@H](O)[C@H](/C=C/[C@@H](O)CCCCC)[C@@H](O)[C@H]2O. The number of ether oxygens (including phenoxy) is 2. The number of aliphatic hydroxyl groups is 8. The number of phosphoric acid groups is 1. The van der Waals surface area contributed by atoms with Gasteiger partial charge in [-0.2, -0.15) is 0 Å². The number of esters is 2. The molecule has 1 saturated carbocycles. The van der Waals surface area contributed by atoms with E-state index in [4.69, 9.17) is 18.5 Å². The number of unbranched alkanes of at least 4 members (excludes halogenated alkanes) is 6. The highest BCUT2D eigenvalue weighted by Gasteiger charge is 2.49. The maximum atomic E-state index is 13.5. The first-order chi connectivity index (χ1) is 31.6. The molecule has 9 N–H and O–H groups in total. The highest BCUT2D eigenvalue weighted by molar-refractivity contribution is 7.47. The predicted molar refractivity (Wildman–Crippen MR) is 250 cm³/mol. The molecule has 1 heterocycles. The Bertz CT molecular complexity index is 1560. The second-order valence-electron chi connectivity index (χ2n) is 17.2. The Labute approximate surface area is 392 Å². The summed E-state index contributed by atoms with van der Waals surface area (Å²) in [6.45, 7) is 2.74. The molecule has 0 amide bonds. The molecule has 0 aromatic heterocycles. The summed E-state index contributed by atoms with van der Waals surface area (Å²) in [6.07, 6.45) is 14.6. The number of hydrogen-bond donors (Lipinski definition) is 9. The van der Waals surface area contributed by atoms with Gasteiger partial charge in [0.1, 0.15) is 31.0 Å². The zero-order chi connectivity index (χ0) is 48.7. The number of hydrogen-bond acceptors (Lipinski definition) is 15. The van der Waals surface area contributed by atoms with Gasteiger partial charge < -0.3 is 55.2 Å². The second kappa shape index (κ2) is 34.5. The van der Waals surface area contributed by atoms with E-state index in [1.54, 1.807) is 12.2 Å². The Morgan fingerprint density at radius 1 is 0.788 bits per heavy atom. The zero-order valence-electron chi connectivity index (χ0n) is 39.0. The van der Waals surface area contributed by atoms with Crippen molar-refractivity contribution in [2.24, 2.45) is 11.8 Å². The Morgan fingerprint density at radius 2 is 1.39 bits per heavy atom. The molecule has 0 saturated heterocycles. The molecule has 1 fully saturated rings. The molecular weight excluding hydrogens is 875 g/mol. The van der Waals surface area contributed by atoms with Gasteiger partial charge in [0.2, 0.25) is 0 Å². The topological polar surface area (TPSA) is 270 Å². The summed E-state index contributed by atoms with van der Waals surface area (Å²) >= 11 is 0. The second-order valence-corrected chi connectivity index (χ2v) is 18.6. The van der Waals surface area contributed by atoms with Crippen LogP contribution in [-0.2, 0) is 32.7 Å². The third kappa shape index (κ3) is 24.5. The summed E-state index contributed by atoms with van der Waals surface area (Å²) in [5, 5.41) is 89.9. The monoisotopic (exact) mass is 957 g/mol. The predicted octanol–water partition coefficient (Wildman–Crippen LogP) is 5.88. The fraction of sp³-hybridized carbons (Fsp3) is 0.714. The summed E-state index contributed by atoms with van der Waals surface area (Å²) in [6, 6.07) is 0. The molecule has 0 aromatic rings. The van der Waals surface area contributed by atoms with Gasteiger partial charge in [-0.15, -0.1) is 0 Å². The molecule has 1 aliphatic heterocycles. The van der Waals surface area contributed by atoms with Gasteiger partial charge in [0.15, 0.2) is 6.10 Å². The zero-order valence-corrected chi connectivity index (χ0v) is 39.9. The molecule has 1 unspecified atom stereocenters. The highest BCUT2D eigenvalue weighted by Crippen LogP contribution is 2.47. The summed E-state index contributed by atoms with van der Waals surface area (Å²) in [7, 11) is -5.45. The summed E-state index contributed by atoms with van der Waals surface area (Å²) in [5.74, 6) is -4.10. The molecule has 66 heavy (non-hydrogen) atoms. The molecule has 17 heteroatoms. The third-order valence-electron chi connectivity index (χ3n) is 11.6. The maximum absolute atomic E-state index is 13.5. The van der Waals surface area contributed by atoms with Crippen molar-refractivity contribution in [1.29, 1.82) is 0 Å². The van der Waals surface area contributed by atoms with Crippen LogP contribution in [0.4, 0.5) is 0 Å². The van der Waals surface area contributed by atoms with Crippen molar-refractivity contribution in [3.63, 3.8) is 0 Å². The number of allylic oxidation sites excluding steroid dienone is 10. The summed E-state index contributed by atoms with van der Waals surface area (Å²) in [5.41, 5.74) is 0. The van der Waals surface area contributed by atoms with Gasteiger partial charge in [-0.05, 0) is 70.6 Å². The van der Waals surface area contributed by atoms with Gasteiger partial charge >= 0.3 is 19.8 Å². The maximum Gasteiger partial charge on any atom is 0.472 e. The van der Waals surface area contributed by atoms with E-state index in [1.165, 1.54) is 31.4 Å². The average molecular weight is 957 g/mol. The van der Waals surface area contributed by atoms with E-state index in [2.05, 4.69) is 43.4 Å². The number of carbonyl (C=O) groups excluding carboxylic acids is 2. The van der Waals surface area contributed by atoms with Crippen LogP contribution in [0, 0.1) is 11.8 Å². The van der Waals surface area contributed by atoms with Gasteiger partial charge in [0.25, 0.3) is 0 Å². The van der Waals surface area contributed by atoms with E-state index >= 15 is 0 Å². The molecule has 0 aromatic carbocycles. The van der Waals surface area contributed by atoms with Crippen molar-refractivity contribution < 1.29 is 78.4 Å². The van der Waals surface area contributed by atoms with Crippen molar-refractivity contribution in [3.05, 3.63) is 72.9 Å². The molecule has 2 rings (SSSR count). The van der Waals surface area contributed by atoms with Crippen LogP contribution in [-0.4, -0.2) is 132 Å². The minimum absolute atomic E-state index is 0.0298. The number of aliphatic hydroxyl groups excluding tert-OH is 8. The third-order valence-corrected chi connectivity index (χ3v) is 12.6. The smallest absolute Gasteiger partial charge is 0.462 e. The van der Waals surface area contributed by atoms with Crippen LogP contribution in [0.15, 0.2) is 72.9 Å². The fourth-order valence-corrected chi connectivity index (χ4v) is 8.54. The Kier molecular flexibility index (Phi) is 31.0. The first-order valence-electron chi connectivity index (χ1n) is 24.0. The van der Waals surface area contributed by atoms with Crippen LogP contribution in [0.5, 0.6) is 0 Å². The van der Waals surface area contributed by atoms with Gasteiger partial charge in [-0.1, -0.05) is 119 Å². The van der Waals surface area contributed by atoms with E-state index in [0.717, 1.165) is 38.5 Å². The normalized spacial score (nSPS) is 32.0. The lowest BCUT2D eigenvalue weighted by atomic mass is 9.83. The van der Waals surface area contributed by atoms with Gasteiger partial charge in [-0.3, -0.25) is 18.6 Å². The van der Waals surface area contributed by atoms with E-state index in [1.807, 2.05) is 19.1 Å². The molecule has 13 atom stereocenters. The van der Waals surface area contributed by atoms with Gasteiger partial charge in [-0.25, -0.2) is 4.57 Å². The lowest BCUT2D eigenvalue weighted by Gasteiger charge is -2.37. The molecule has 0 radical (unpaired) electrons. The first-order valence-corrected chi connectivity index (χ1v) is 25.5. The quantitative estimate of drug-likeness (QED) is 0.0265. The summed E-state index contributed by atoms with van der Waals surface area (Å²) < 4.78 is 34.6. The van der Waals surface area contributed by atoms with Crippen LogP contribution in [0.1, 0.15) is 136 Å². The lowest BCUT2D eigenvalue weighted by Crippen LogP contribution is -2.55. The first kappa shape index (κ1) is 59.3. The molecule has 1 aliphatic carbocycles. The van der Waals surface area contributed by atoms with Crippen LogP contribution in [0.2, 0.25) is 0 Å². The molecule has 2 aliphatic rings. The molecular formula is C49H81O16P. The van der Waals surface area contributed by atoms with Crippen LogP contribution < -0.4 is 0 Å². The molecule has 16 nitrogen and oxygen atoms in total. The molecule has 2 bridgehead atoms. The van der Waals surface area contributed by atoms with Crippen molar-refractivity contribution in [3.8, 4) is 0 Å². The van der Waals surface area contributed by atoms with Crippen molar-refractivity contribution in [2.45, 2.75) is 197 Å². The summed E-state index contributed by atoms with van der Waals surface area (Å²) in [4.78, 5) is 36.4.